The molecule has 13 heavy (non-hydrogen) atoms. The Morgan fingerprint density at radius 3 is 2.54 bits per heavy atom. The molecule has 0 aromatic carbocycles. The summed E-state index contributed by atoms with van der Waals surface area (Å²) in [6, 6.07) is 0. The zero-order valence-electron chi connectivity index (χ0n) is 8.30. The van der Waals surface area contributed by atoms with Gasteiger partial charge in [0.15, 0.2) is 0 Å². The van der Waals surface area contributed by atoms with E-state index >= 15 is 0 Å². The predicted octanol–water partition coefficient (Wildman–Crippen LogP) is 2.29. The number of esters is 1. The minimum absolute atomic E-state index is 0.136. The van der Waals surface area contributed by atoms with Crippen LogP contribution < -0.4 is 0 Å². The van der Waals surface area contributed by atoms with Crippen LogP contribution in [0, 0.1) is 10.8 Å². The molecule has 2 fully saturated rings. The van der Waals surface area contributed by atoms with Crippen LogP contribution in [-0.2, 0) is 9.53 Å². The minimum Gasteiger partial charge on any atom is -0.459 e. The summed E-state index contributed by atoms with van der Waals surface area (Å²) in [5.41, 5.74) is 0.699. The summed E-state index contributed by atoms with van der Waals surface area (Å²) in [6.45, 7) is 7.91. The molecule has 2 heteroatoms. The number of rotatable bonds is 2. The number of ether oxygens (including phenoxy) is 1. The lowest BCUT2D eigenvalue weighted by atomic mass is 9.38. The Bertz CT molecular complexity index is 271. The molecule has 0 bridgehead atoms. The Balaban J connectivity index is 1.99. The van der Waals surface area contributed by atoms with Gasteiger partial charge in [-0.1, -0.05) is 20.4 Å². The lowest BCUT2D eigenvalue weighted by Gasteiger charge is -2.68. The third-order valence-electron chi connectivity index (χ3n) is 4.35. The maximum atomic E-state index is 11.0. The van der Waals surface area contributed by atoms with Crippen molar-refractivity contribution in [2.24, 2.45) is 10.8 Å². The molecule has 0 radical (unpaired) electrons. The van der Waals surface area contributed by atoms with Crippen molar-refractivity contribution in [2.45, 2.75) is 39.2 Å². The van der Waals surface area contributed by atoms with Crippen molar-refractivity contribution in [3.8, 4) is 0 Å². The number of hydrogen-bond donors (Lipinski definition) is 0. The second kappa shape index (κ2) is 2.37. The fourth-order valence-corrected chi connectivity index (χ4v) is 2.69. The van der Waals surface area contributed by atoms with Gasteiger partial charge in [-0.3, -0.25) is 0 Å². The highest BCUT2D eigenvalue weighted by Gasteiger charge is 2.67. The first-order valence-electron chi connectivity index (χ1n) is 4.85. The Morgan fingerprint density at radius 1 is 1.54 bits per heavy atom. The zero-order chi connectivity index (χ0) is 9.69. The van der Waals surface area contributed by atoms with Gasteiger partial charge in [0.25, 0.3) is 0 Å². The summed E-state index contributed by atoms with van der Waals surface area (Å²) in [4.78, 5) is 11.0. The van der Waals surface area contributed by atoms with Crippen LogP contribution in [0.25, 0.3) is 0 Å². The van der Waals surface area contributed by atoms with Crippen molar-refractivity contribution in [1.82, 2.24) is 0 Å². The largest absolute Gasteiger partial charge is 0.459 e. The van der Waals surface area contributed by atoms with Gasteiger partial charge >= 0.3 is 5.97 Å². The summed E-state index contributed by atoms with van der Waals surface area (Å²) in [7, 11) is 0. The number of carbonyl (C=O) groups is 1. The second-order valence-electron chi connectivity index (χ2n) is 4.81. The van der Waals surface area contributed by atoms with Gasteiger partial charge in [0.1, 0.15) is 6.10 Å². The predicted molar refractivity (Wildman–Crippen MR) is 50.1 cm³/mol. The van der Waals surface area contributed by atoms with E-state index in [-0.39, 0.29) is 17.5 Å². The summed E-state index contributed by atoms with van der Waals surface area (Å²) in [5, 5.41) is 0. The van der Waals surface area contributed by atoms with Crippen molar-refractivity contribution < 1.29 is 9.53 Å². The summed E-state index contributed by atoms with van der Waals surface area (Å²) >= 11 is 0. The molecule has 3 atom stereocenters. The molecule has 0 N–H and O–H groups in total. The lowest BCUT2D eigenvalue weighted by Crippen LogP contribution is -2.66. The number of hydrogen-bond acceptors (Lipinski definition) is 2. The summed E-state index contributed by atoms with van der Waals surface area (Å²) in [6.07, 6.45) is 4.89. The van der Waals surface area contributed by atoms with Gasteiger partial charge < -0.3 is 4.74 Å². The van der Waals surface area contributed by atoms with Crippen molar-refractivity contribution in [2.75, 3.05) is 0 Å². The van der Waals surface area contributed by atoms with Crippen molar-refractivity contribution in [3.63, 3.8) is 0 Å². The highest BCUT2D eigenvalue weighted by Crippen LogP contribution is 2.70. The van der Waals surface area contributed by atoms with E-state index in [1.54, 1.807) is 0 Å². The van der Waals surface area contributed by atoms with Gasteiger partial charge in [-0.2, -0.15) is 0 Å². The Morgan fingerprint density at radius 2 is 2.23 bits per heavy atom. The fraction of sp³-hybridized carbons (Fsp3) is 0.727. The van der Waals surface area contributed by atoms with Crippen molar-refractivity contribution in [3.05, 3.63) is 12.7 Å². The standard InChI is InChI=1S/C11H16O2/c1-4-9(12)13-8-7-10(2)5-6-11(8,10)3/h4,8H,1,5-7H2,2-3H3/t8?,10-,11?/m1/s1. The van der Waals surface area contributed by atoms with E-state index in [9.17, 15) is 4.79 Å². The third-order valence-corrected chi connectivity index (χ3v) is 4.35. The molecule has 2 saturated carbocycles. The first kappa shape index (κ1) is 8.79. The molecule has 2 nitrogen and oxygen atoms in total. The van der Waals surface area contributed by atoms with Crippen LogP contribution in [0.5, 0.6) is 0 Å². The van der Waals surface area contributed by atoms with E-state index < -0.39 is 0 Å². The maximum absolute atomic E-state index is 11.0. The molecule has 2 rings (SSSR count). The van der Waals surface area contributed by atoms with E-state index in [1.165, 1.54) is 18.9 Å². The minimum atomic E-state index is -0.278. The van der Waals surface area contributed by atoms with Crippen molar-refractivity contribution >= 4 is 5.97 Å². The molecule has 2 unspecified atom stereocenters. The van der Waals surface area contributed by atoms with E-state index in [0.717, 1.165) is 6.42 Å². The quantitative estimate of drug-likeness (QED) is 0.481. The molecule has 0 spiro atoms. The maximum Gasteiger partial charge on any atom is 0.330 e. The average Bonchev–Trinajstić information content (AvgIpc) is 2.13. The first-order valence-corrected chi connectivity index (χ1v) is 4.85. The van der Waals surface area contributed by atoms with Crippen LogP contribution in [0.15, 0.2) is 12.7 Å². The second-order valence-corrected chi connectivity index (χ2v) is 4.81. The average molecular weight is 180 g/mol. The highest BCUT2D eigenvalue weighted by molar-refractivity contribution is 5.81. The van der Waals surface area contributed by atoms with Gasteiger partial charge in [0, 0.05) is 11.5 Å². The van der Waals surface area contributed by atoms with Crippen LogP contribution >= 0.6 is 0 Å². The van der Waals surface area contributed by atoms with Crippen LogP contribution in [0.3, 0.4) is 0 Å². The lowest BCUT2D eigenvalue weighted by molar-refractivity contribution is -0.252. The smallest absolute Gasteiger partial charge is 0.330 e. The highest BCUT2D eigenvalue weighted by atomic mass is 16.5. The topological polar surface area (TPSA) is 26.3 Å². The fourth-order valence-electron chi connectivity index (χ4n) is 2.69. The van der Waals surface area contributed by atoms with Crippen LogP contribution in [0.1, 0.15) is 33.1 Å². The molecule has 0 aromatic heterocycles. The number of carbonyl (C=O) groups excluding carboxylic acids is 1. The molecule has 0 amide bonds. The molecule has 72 valence electrons. The third kappa shape index (κ3) is 0.917. The van der Waals surface area contributed by atoms with E-state index in [1.807, 2.05) is 0 Å². The zero-order valence-corrected chi connectivity index (χ0v) is 8.30. The Kier molecular flexibility index (Phi) is 1.60. The Hall–Kier alpha value is -0.790. The SMILES string of the molecule is C=CC(=O)OC1C[C@@]2(C)CCC12C. The van der Waals surface area contributed by atoms with Gasteiger partial charge in [-0.25, -0.2) is 4.79 Å². The van der Waals surface area contributed by atoms with E-state index in [0.29, 0.717) is 5.41 Å². The summed E-state index contributed by atoms with van der Waals surface area (Å²) < 4.78 is 5.28. The van der Waals surface area contributed by atoms with Crippen LogP contribution in [0.4, 0.5) is 0 Å². The molecule has 0 heterocycles. The van der Waals surface area contributed by atoms with Gasteiger partial charge in [-0.15, -0.1) is 0 Å². The molecular weight excluding hydrogens is 164 g/mol. The summed E-state index contributed by atoms with van der Waals surface area (Å²) in [5.74, 6) is -0.278. The number of fused-ring (bicyclic) bond motifs is 1. The van der Waals surface area contributed by atoms with Crippen molar-refractivity contribution in [1.29, 1.82) is 0 Å². The van der Waals surface area contributed by atoms with Gasteiger partial charge in [0.05, 0.1) is 0 Å². The molecular formula is C11H16O2. The normalized spacial score (nSPS) is 46.8. The molecule has 0 aromatic rings. The Labute approximate surface area is 79.0 Å². The van der Waals surface area contributed by atoms with Gasteiger partial charge in [-0.05, 0) is 24.7 Å². The first-order chi connectivity index (χ1) is 6.02. The van der Waals surface area contributed by atoms with E-state index in [2.05, 4.69) is 20.4 Å². The van der Waals surface area contributed by atoms with E-state index in [4.69, 9.17) is 4.74 Å². The van der Waals surface area contributed by atoms with Gasteiger partial charge in [0.2, 0.25) is 0 Å². The molecule has 0 saturated heterocycles. The van der Waals surface area contributed by atoms with Crippen LogP contribution in [0.2, 0.25) is 0 Å². The van der Waals surface area contributed by atoms with Crippen LogP contribution in [-0.4, -0.2) is 12.1 Å². The molecule has 2 aliphatic rings. The monoisotopic (exact) mass is 180 g/mol. The molecule has 0 aliphatic heterocycles. The molecule has 2 aliphatic carbocycles.